The van der Waals surface area contributed by atoms with E-state index in [-0.39, 0.29) is 5.82 Å². The van der Waals surface area contributed by atoms with Gasteiger partial charge >= 0.3 is 0 Å². The van der Waals surface area contributed by atoms with E-state index in [1.165, 1.54) is 6.07 Å². The van der Waals surface area contributed by atoms with Gasteiger partial charge in [-0.3, -0.25) is 4.90 Å². The van der Waals surface area contributed by atoms with Gasteiger partial charge in [0.1, 0.15) is 5.82 Å². The molecule has 0 aliphatic heterocycles. The molecule has 1 aromatic rings. The lowest BCUT2D eigenvalue weighted by Crippen LogP contribution is -2.35. The van der Waals surface area contributed by atoms with Crippen molar-refractivity contribution < 1.29 is 4.39 Å². The SMILES string of the molecule is CCC(CC)N(CCBr)Cc1ccc(F)c(Br)c1. The Bertz CT molecular complexity index is 367. The third-order valence-electron chi connectivity index (χ3n) is 3.20. The van der Waals surface area contributed by atoms with Crippen LogP contribution in [0.2, 0.25) is 0 Å². The summed E-state index contributed by atoms with van der Waals surface area (Å²) in [7, 11) is 0. The van der Waals surface area contributed by atoms with Crippen molar-refractivity contribution in [3.63, 3.8) is 0 Å². The predicted octanol–water partition coefficient (Wildman–Crippen LogP) is 4.97. The van der Waals surface area contributed by atoms with E-state index < -0.39 is 0 Å². The highest BCUT2D eigenvalue weighted by Gasteiger charge is 2.15. The molecule has 0 radical (unpaired) electrons. The van der Waals surface area contributed by atoms with Crippen LogP contribution in [0.5, 0.6) is 0 Å². The summed E-state index contributed by atoms with van der Waals surface area (Å²) >= 11 is 6.75. The molecule has 4 heteroatoms. The molecule has 0 unspecified atom stereocenters. The molecule has 0 saturated carbocycles. The van der Waals surface area contributed by atoms with E-state index in [0.717, 1.165) is 36.8 Å². The largest absolute Gasteiger partial charge is 0.295 e. The van der Waals surface area contributed by atoms with Gasteiger partial charge in [-0.2, -0.15) is 0 Å². The molecule has 1 rings (SSSR count). The average Bonchev–Trinajstić information content (AvgIpc) is 2.35. The number of halogens is 3. The summed E-state index contributed by atoms with van der Waals surface area (Å²) in [6.45, 7) is 6.32. The van der Waals surface area contributed by atoms with E-state index >= 15 is 0 Å². The monoisotopic (exact) mass is 379 g/mol. The lowest BCUT2D eigenvalue weighted by atomic mass is 10.1. The molecule has 102 valence electrons. The highest BCUT2D eigenvalue weighted by Crippen LogP contribution is 2.20. The highest BCUT2D eigenvalue weighted by molar-refractivity contribution is 9.10. The maximum absolute atomic E-state index is 13.2. The quantitative estimate of drug-likeness (QED) is 0.603. The second-order valence-electron chi connectivity index (χ2n) is 4.38. The minimum atomic E-state index is -0.201. The van der Waals surface area contributed by atoms with Crippen molar-refractivity contribution in [3.8, 4) is 0 Å². The maximum atomic E-state index is 13.2. The van der Waals surface area contributed by atoms with Crippen molar-refractivity contribution in [1.82, 2.24) is 4.90 Å². The van der Waals surface area contributed by atoms with Gasteiger partial charge < -0.3 is 0 Å². The first-order chi connectivity index (χ1) is 8.62. The minimum absolute atomic E-state index is 0.201. The van der Waals surface area contributed by atoms with Gasteiger partial charge in [-0.05, 0) is 46.5 Å². The maximum Gasteiger partial charge on any atom is 0.137 e. The van der Waals surface area contributed by atoms with Gasteiger partial charge in [-0.15, -0.1) is 0 Å². The Kier molecular flexibility index (Phi) is 7.42. The number of rotatable bonds is 7. The molecule has 1 nitrogen and oxygen atoms in total. The summed E-state index contributed by atoms with van der Waals surface area (Å²) in [5.74, 6) is -0.201. The molecule has 0 N–H and O–H groups in total. The summed E-state index contributed by atoms with van der Waals surface area (Å²) in [6, 6.07) is 5.85. The Labute approximate surface area is 126 Å². The molecule has 0 amide bonds. The van der Waals surface area contributed by atoms with Crippen molar-refractivity contribution in [1.29, 1.82) is 0 Å². The Hall–Kier alpha value is 0.0700. The third kappa shape index (κ3) is 4.63. The molecule has 0 heterocycles. The molecule has 0 atom stereocenters. The molecule has 0 fully saturated rings. The standard InChI is InChI=1S/C14H20Br2FN/c1-3-12(4-2)18(8-7-15)10-11-5-6-14(17)13(16)9-11/h5-6,9,12H,3-4,7-8,10H2,1-2H3. The number of hydrogen-bond acceptors (Lipinski definition) is 1. The van der Waals surface area contributed by atoms with Gasteiger partial charge in [0.2, 0.25) is 0 Å². The first-order valence-electron chi connectivity index (χ1n) is 6.36. The lowest BCUT2D eigenvalue weighted by molar-refractivity contribution is 0.189. The van der Waals surface area contributed by atoms with Crippen LogP contribution < -0.4 is 0 Å². The molecule has 1 aromatic carbocycles. The summed E-state index contributed by atoms with van der Waals surface area (Å²) in [5.41, 5.74) is 1.15. The van der Waals surface area contributed by atoms with Crippen LogP contribution in [0.25, 0.3) is 0 Å². The van der Waals surface area contributed by atoms with Gasteiger partial charge in [0.15, 0.2) is 0 Å². The van der Waals surface area contributed by atoms with E-state index in [4.69, 9.17) is 0 Å². The number of alkyl halides is 1. The van der Waals surface area contributed by atoms with Crippen LogP contribution >= 0.6 is 31.9 Å². The van der Waals surface area contributed by atoms with Crippen molar-refractivity contribution >= 4 is 31.9 Å². The van der Waals surface area contributed by atoms with E-state index in [1.54, 1.807) is 0 Å². The van der Waals surface area contributed by atoms with E-state index in [2.05, 4.69) is 50.6 Å². The van der Waals surface area contributed by atoms with Crippen molar-refractivity contribution in [2.24, 2.45) is 0 Å². The molecule has 18 heavy (non-hydrogen) atoms. The van der Waals surface area contributed by atoms with Crippen LogP contribution in [0.1, 0.15) is 32.3 Å². The fraction of sp³-hybridized carbons (Fsp3) is 0.571. The summed E-state index contributed by atoms with van der Waals surface area (Å²) in [4.78, 5) is 2.45. The number of hydrogen-bond donors (Lipinski definition) is 0. The molecule has 0 aromatic heterocycles. The van der Waals surface area contributed by atoms with Crippen molar-refractivity contribution in [2.75, 3.05) is 11.9 Å². The second-order valence-corrected chi connectivity index (χ2v) is 6.03. The van der Waals surface area contributed by atoms with Crippen molar-refractivity contribution in [2.45, 2.75) is 39.3 Å². The normalized spacial score (nSPS) is 11.5. The molecule has 0 spiro atoms. The van der Waals surface area contributed by atoms with Crippen LogP contribution in [-0.4, -0.2) is 22.8 Å². The highest BCUT2D eigenvalue weighted by atomic mass is 79.9. The van der Waals surface area contributed by atoms with Crippen molar-refractivity contribution in [3.05, 3.63) is 34.1 Å². The Morgan fingerprint density at radius 3 is 2.44 bits per heavy atom. The molecule has 0 bridgehead atoms. The van der Waals surface area contributed by atoms with Gasteiger partial charge in [0.05, 0.1) is 4.47 Å². The molecular formula is C14H20Br2FN. The number of nitrogens with zero attached hydrogens (tertiary/aromatic N) is 1. The topological polar surface area (TPSA) is 3.24 Å². The Morgan fingerprint density at radius 1 is 1.28 bits per heavy atom. The fourth-order valence-electron chi connectivity index (χ4n) is 2.18. The van der Waals surface area contributed by atoms with Gasteiger partial charge in [0, 0.05) is 24.5 Å². The Balaban J connectivity index is 2.78. The summed E-state index contributed by atoms with van der Waals surface area (Å²) in [6.07, 6.45) is 2.29. The van der Waals surface area contributed by atoms with Crippen LogP contribution in [0, 0.1) is 5.82 Å². The third-order valence-corrected chi connectivity index (χ3v) is 4.16. The second kappa shape index (κ2) is 8.28. The predicted molar refractivity (Wildman–Crippen MR) is 82.7 cm³/mol. The lowest BCUT2D eigenvalue weighted by Gasteiger charge is -2.30. The van der Waals surface area contributed by atoms with Crippen LogP contribution in [0.4, 0.5) is 4.39 Å². The van der Waals surface area contributed by atoms with Crippen LogP contribution in [-0.2, 0) is 6.54 Å². The first-order valence-corrected chi connectivity index (χ1v) is 8.27. The molecule has 0 aliphatic rings. The van der Waals surface area contributed by atoms with E-state index in [0.29, 0.717) is 10.5 Å². The molecule has 0 saturated heterocycles. The number of benzene rings is 1. The summed E-state index contributed by atoms with van der Waals surface area (Å²) in [5, 5.41) is 0.964. The smallest absolute Gasteiger partial charge is 0.137 e. The zero-order chi connectivity index (χ0) is 13.5. The zero-order valence-corrected chi connectivity index (χ0v) is 14.1. The van der Waals surface area contributed by atoms with Gasteiger partial charge in [0.25, 0.3) is 0 Å². The van der Waals surface area contributed by atoms with E-state index in [1.807, 2.05) is 12.1 Å². The van der Waals surface area contributed by atoms with Gasteiger partial charge in [-0.1, -0.05) is 35.8 Å². The minimum Gasteiger partial charge on any atom is -0.295 e. The first kappa shape index (κ1) is 16.1. The van der Waals surface area contributed by atoms with Gasteiger partial charge in [-0.25, -0.2) is 4.39 Å². The molecular weight excluding hydrogens is 361 g/mol. The fourth-order valence-corrected chi connectivity index (χ4v) is 3.06. The molecule has 0 aliphatic carbocycles. The Morgan fingerprint density at radius 2 is 1.94 bits per heavy atom. The van der Waals surface area contributed by atoms with E-state index in [9.17, 15) is 4.39 Å². The average molecular weight is 381 g/mol. The summed E-state index contributed by atoms with van der Waals surface area (Å²) < 4.78 is 13.8. The zero-order valence-electron chi connectivity index (χ0n) is 10.9. The van der Waals surface area contributed by atoms with Crippen LogP contribution in [0.3, 0.4) is 0 Å². The van der Waals surface area contributed by atoms with Crippen LogP contribution in [0.15, 0.2) is 22.7 Å².